The lowest BCUT2D eigenvalue weighted by Crippen LogP contribution is -2.53. The highest BCUT2D eigenvalue weighted by Gasteiger charge is 2.32. The van der Waals surface area contributed by atoms with Gasteiger partial charge in [0.15, 0.2) is 0 Å². The van der Waals surface area contributed by atoms with Crippen LogP contribution in [0.2, 0.25) is 0 Å². The normalized spacial score (nSPS) is 25.1. The molecule has 2 heterocycles. The maximum Gasteiger partial charge on any atom is 0.322 e. The highest BCUT2D eigenvalue weighted by Crippen LogP contribution is 2.37. The number of hydrogen-bond acceptors (Lipinski definition) is 3. The molecule has 1 aromatic carbocycles. The number of hydrogen-bond donors (Lipinski definition) is 1. The van der Waals surface area contributed by atoms with E-state index in [4.69, 9.17) is 0 Å². The number of likely N-dealkylation sites (N-methyl/N-ethyl adjacent to an activating group) is 1. The predicted octanol–water partition coefficient (Wildman–Crippen LogP) is 3.06. The van der Waals surface area contributed by atoms with Crippen molar-refractivity contribution in [3.8, 4) is 0 Å². The standard InChI is InChI=1S/C20H30N4O/c1-22-12-11-16(15-22)21-20(25)24-14-13-23(17-7-3-2-4-8-17)18-9-5-6-10-19(18)24/h5-6,9-10,16-17H,2-4,7-8,11-15H2,1H3,(H,21,25). The molecule has 25 heavy (non-hydrogen) atoms. The maximum atomic E-state index is 12.9. The highest BCUT2D eigenvalue weighted by molar-refractivity contribution is 5.97. The third-order valence-electron chi connectivity index (χ3n) is 6.03. The third-order valence-corrected chi connectivity index (χ3v) is 6.03. The summed E-state index contributed by atoms with van der Waals surface area (Å²) in [5, 5.41) is 3.24. The van der Waals surface area contributed by atoms with E-state index in [1.165, 1.54) is 37.8 Å². The number of rotatable bonds is 2. The van der Waals surface area contributed by atoms with Crippen LogP contribution in [0.15, 0.2) is 24.3 Å². The fourth-order valence-electron chi connectivity index (χ4n) is 4.67. The summed E-state index contributed by atoms with van der Waals surface area (Å²) in [6.45, 7) is 3.74. The Hall–Kier alpha value is -1.75. The fraction of sp³-hybridized carbons (Fsp3) is 0.650. The number of para-hydroxylation sites is 2. The molecule has 2 fully saturated rings. The molecule has 2 aliphatic heterocycles. The van der Waals surface area contributed by atoms with Crippen molar-refractivity contribution in [3.05, 3.63) is 24.3 Å². The van der Waals surface area contributed by atoms with Crippen molar-refractivity contribution >= 4 is 17.4 Å². The van der Waals surface area contributed by atoms with Crippen LogP contribution in [0.5, 0.6) is 0 Å². The van der Waals surface area contributed by atoms with E-state index in [1.807, 2.05) is 11.0 Å². The number of nitrogens with zero attached hydrogens (tertiary/aromatic N) is 3. The van der Waals surface area contributed by atoms with Gasteiger partial charge in [-0.25, -0.2) is 4.79 Å². The lowest BCUT2D eigenvalue weighted by atomic mass is 9.93. The monoisotopic (exact) mass is 342 g/mol. The summed E-state index contributed by atoms with van der Waals surface area (Å²) in [5.41, 5.74) is 2.31. The number of amides is 2. The fourth-order valence-corrected chi connectivity index (χ4v) is 4.67. The third kappa shape index (κ3) is 3.47. The Morgan fingerprint density at radius 3 is 2.48 bits per heavy atom. The van der Waals surface area contributed by atoms with E-state index in [0.717, 1.165) is 38.3 Å². The van der Waals surface area contributed by atoms with Gasteiger partial charge in [-0.3, -0.25) is 4.90 Å². The second-order valence-corrected chi connectivity index (χ2v) is 7.82. The van der Waals surface area contributed by atoms with Crippen molar-refractivity contribution in [3.63, 3.8) is 0 Å². The molecule has 5 nitrogen and oxygen atoms in total. The number of carbonyl (C=O) groups excluding carboxylic acids is 1. The van der Waals surface area contributed by atoms with Crippen LogP contribution < -0.4 is 15.1 Å². The molecule has 1 saturated carbocycles. The highest BCUT2D eigenvalue weighted by atomic mass is 16.2. The van der Waals surface area contributed by atoms with Gasteiger partial charge < -0.3 is 15.1 Å². The van der Waals surface area contributed by atoms with Crippen molar-refractivity contribution in [2.75, 3.05) is 43.0 Å². The summed E-state index contributed by atoms with van der Waals surface area (Å²) >= 11 is 0. The van der Waals surface area contributed by atoms with E-state index in [2.05, 4.69) is 40.4 Å². The molecule has 1 saturated heterocycles. The van der Waals surface area contributed by atoms with Gasteiger partial charge in [0.25, 0.3) is 0 Å². The second kappa shape index (κ2) is 7.24. The molecule has 0 aromatic heterocycles. The topological polar surface area (TPSA) is 38.8 Å². The molecule has 0 radical (unpaired) electrons. The molecule has 0 spiro atoms. The van der Waals surface area contributed by atoms with E-state index in [0.29, 0.717) is 6.04 Å². The number of fused-ring (bicyclic) bond motifs is 1. The molecule has 1 aliphatic carbocycles. The van der Waals surface area contributed by atoms with E-state index >= 15 is 0 Å². The zero-order chi connectivity index (χ0) is 17.2. The Balaban J connectivity index is 1.51. The largest absolute Gasteiger partial charge is 0.365 e. The van der Waals surface area contributed by atoms with Gasteiger partial charge in [-0.05, 0) is 45.0 Å². The van der Waals surface area contributed by atoms with E-state index < -0.39 is 0 Å². The first-order valence-electron chi connectivity index (χ1n) is 9.84. The molecule has 1 N–H and O–H groups in total. The number of anilines is 2. The average molecular weight is 342 g/mol. The summed E-state index contributed by atoms with van der Waals surface area (Å²) in [5.74, 6) is 0. The van der Waals surface area contributed by atoms with Gasteiger partial charge in [-0.15, -0.1) is 0 Å². The lowest BCUT2D eigenvalue weighted by Gasteiger charge is -2.43. The quantitative estimate of drug-likeness (QED) is 0.898. The molecule has 4 rings (SSSR count). The van der Waals surface area contributed by atoms with Crippen LogP contribution in [0.3, 0.4) is 0 Å². The summed E-state index contributed by atoms with van der Waals surface area (Å²) in [6, 6.07) is 9.42. The van der Waals surface area contributed by atoms with E-state index in [1.54, 1.807) is 0 Å². The van der Waals surface area contributed by atoms with Crippen molar-refractivity contribution in [2.24, 2.45) is 0 Å². The summed E-state index contributed by atoms with van der Waals surface area (Å²) in [6.07, 6.45) is 7.66. The molecular weight excluding hydrogens is 312 g/mol. The first kappa shape index (κ1) is 16.7. The van der Waals surface area contributed by atoms with Gasteiger partial charge in [0.05, 0.1) is 11.4 Å². The Bertz CT molecular complexity index is 613. The van der Waals surface area contributed by atoms with Crippen molar-refractivity contribution in [1.82, 2.24) is 10.2 Å². The maximum absolute atomic E-state index is 12.9. The zero-order valence-corrected chi connectivity index (χ0v) is 15.3. The number of urea groups is 1. The Morgan fingerprint density at radius 1 is 1.00 bits per heavy atom. The van der Waals surface area contributed by atoms with Crippen LogP contribution in [0.1, 0.15) is 38.5 Å². The van der Waals surface area contributed by atoms with Crippen molar-refractivity contribution < 1.29 is 4.79 Å². The van der Waals surface area contributed by atoms with Gasteiger partial charge in [-0.1, -0.05) is 31.4 Å². The summed E-state index contributed by atoms with van der Waals surface area (Å²) in [7, 11) is 2.12. The Kier molecular flexibility index (Phi) is 4.84. The van der Waals surface area contributed by atoms with Crippen LogP contribution in [0, 0.1) is 0 Å². The number of likely N-dealkylation sites (tertiary alicyclic amines) is 1. The smallest absolute Gasteiger partial charge is 0.322 e. The number of nitrogens with one attached hydrogen (secondary N) is 1. The van der Waals surface area contributed by atoms with Crippen molar-refractivity contribution in [1.29, 1.82) is 0 Å². The van der Waals surface area contributed by atoms with Gasteiger partial charge in [0, 0.05) is 31.7 Å². The number of carbonyl (C=O) groups is 1. The van der Waals surface area contributed by atoms with Crippen molar-refractivity contribution in [2.45, 2.75) is 50.6 Å². The minimum absolute atomic E-state index is 0.0658. The van der Waals surface area contributed by atoms with Crippen LogP contribution >= 0.6 is 0 Å². The first-order chi connectivity index (χ1) is 12.2. The van der Waals surface area contributed by atoms with Gasteiger partial charge in [0.2, 0.25) is 0 Å². The minimum atomic E-state index is 0.0658. The molecule has 5 heteroatoms. The molecule has 0 bridgehead atoms. The van der Waals surface area contributed by atoms with Gasteiger partial charge in [0.1, 0.15) is 0 Å². The summed E-state index contributed by atoms with van der Waals surface area (Å²) < 4.78 is 0. The average Bonchev–Trinajstić information content (AvgIpc) is 3.06. The predicted molar refractivity (Wildman–Crippen MR) is 102 cm³/mol. The second-order valence-electron chi connectivity index (χ2n) is 7.82. The lowest BCUT2D eigenvalue weighted by molar-refractivity contribution is 0.242. The van der Waals surface area contributed by atoms with Gasteiger partial charge in [-0.2, -0.15) is 0 Å². The van der Waals surface area contributed by atoms with Crippen LogP contribution in [-0.2, 0) is 0 Å². The minimum Gasteiger partial charge on any atom is -0.365 e. The molecule has 1 atom stereocenters. The summed E-state index contributed by atoms with van der Waals surface area (Å²) in [4.78, 5) is 19.7. The SMILES string of the molecule is CN1CCC(NC(=O)N2CCN(C3CCCCC3)c3ccccc32)C1. The van der Waals surface area contributed by atoms with Gasteiger partial charge >= 0.3 is 6.03 Å². The van der Waals surface area contributed by atoms with E-state index in [9.17, 15) is 4.79 Å². The van der Waals surface area contributed by atoms with Crippen LogP contribution in [0.25, 0.3) is 0 Å². The molecule has 3 aliphatic rings. The Morgan fingerprint density at radius 2 is 1.76 bits per heavy atom. The zero-order valence-electron chi connectivity index (χ0n) is 15.3. The van der Waals surface area contributed by atoms with Crippen LogP contribution in [0.4, 0.5) is 16.2 Å². The molecule has 136 valence electrons. The first-order valence-corrected chi connectivity index (χ1v) is 9.84. The molecular formula is C20H30N4O. The van der Waals surface area contributed by atoms with Crippen LogP contribution in [-0.4, -0.2) is 56.2 Å². The molecule has 1 aromatic rings. The van der Waals surface area contributed by atoms with E-state index in [-0.39, 0.29) is 12.1 Å². The Labute approximate surface area is 151 Å². The number of benzene rings is 1. The molecule has 1 unspecified atom stereocenters. The molecule has 2 amide bonds.